The monoisotopic (exact) mass is 253 g/mol. The SMILES string of the molecule is CCN[C@@H]1CCOC[C@H]1Cc1ccccc1Cl. The first-order valence-corrected chi connectivity index (χ1v) is 6.73. The summed E-state index contributed by atoms with van der Waals surface area (Å²) in [7, 11) is 0. The van der Waals surface area contributed by atoms with Crippen molar-refractivity contribution in [2.24, 2.45) is 5.92 Å². The Hall–Kier alpha value is -0.570. The van der Waals surface area contributed by atoms with Gasteiger partial charge in [-0.2, -0.15) is 0 Å². The molecule has 0 amide bonds. The molecule has 2 atom stereocenters. The summed E-state index contributed by atoms with van der Waals surface area (Å²) >= 11 is 6.21. The van der Waals surface area contributed by atoms with E-state index in [0.717, 1.165) is 37.6 Å². The predicted octanol–water partition coefficient (Wildman–Crippen LogP) is 2.90. The van der Waals surface area contributed by atoms with E-state index in [-0.39, 0.29) is 0 Å². The first-order chi connectivity index (χ1) is 8.31. The predicted molar refractivity (Wildman–Crippen MR) is 71.5 cm³/mol. The fourth-order valence-corrected chi connectivity index (χ4v) is 2.69. The van der Waals surface area contributed by atoms with Gasteiger partial charge in [-0.15, -0.1) is 0 Å². The van der Waals surface area contributed by atoms with Crippen LogP contribution in [0.1, 0.15) is 18.9 Å². The van der Waals surface area contributed by atoms with Gasteiger partial charge in [-0.3, -0.25) is 0 Å². The van der Waals surface area contributed by atoms with Crippen LogP contribution in [0.15, 0.2) is 24.3 Å². The largest absolute Gasteiger partial charge is 0.381 e. The molecule has 0 spiro atoms. The summed E-state index contributed by atoms with van der Waals surface area (Å²) in [5, 5.41) is 4.42. The van der Waals surface area contributed by atoms with Crippen LogP contribution in [0.5, 0.6) is 0 Å². The van der Waals surface area contributed by atoms with E-state index in [1.54, 1.807) is 0 Å². The van der Waals surface area contributed by atoms with Gasteiger partial charge >= 0.3 is 0 Å². The number of rotatable bonds is 4. The molecule has 0 saturated carbocycles. The van der Waals surface area contributed by atoms with Gasteiger partial charge < -0.3 is 10.1 Å². The third-order valence-corrected chi connectivity index (χ3v) is 3.75. The molecule has 0 unspecified atom stereocenters. The summed E-state index contributed by atoms with van der Waals surface area (Å²) < 4.78 is 5.59. The molecule has 3 heteroatoms. The van der Waals surface area contributed by atoms with Gasteiger partial charge in [-0.05, 0) is 31.0 Å². The highest BCUT2D eigenvalue weighted by molar-refractivity contribution is 6.31. The van der Waals surface area contributed by atoms with Crippen molar-refractivity contribution in [2.75, 3.05) is 19.8 Å². The number of benzene rings is 1. The number of hydrogen-bond acceptors (Lipinski definition) is 2. The van der Waals surface area contributed by atoms with Crippen LogP contribution in [0.3, 0.4) is 0 Å². The lowest BCUT2D eigenvalue weighted by molar-refractivity contribution is 0.0327. The van der Waals surface area contributed by atoms with Crippen LogP contribution in [0, 0.1) is 5.92 Å². The molecular weight excluding hydrogens is 234 g/mol. The Morgan fingerprint density at radius 2 is 2.24 bits per heavy atom. The summed E-state index contributed by atoms with van der Waals surface area (Å²) in [4.78, 5) is 0. The summed E-state index contributed by atoms with van der Waals surface area (Å²) in [6, 6.07) is 8.66. The molecule has 2 rings (SSSR count). The molecule has 1 heterocycles. The van der Waals surface area contributed by atoms with Crippen LogP contribution in [-0.4, -0.2) is 25.8 Å². The summed E-state index contributed by atoms with van der Waals surface area (Å²) in [5.74, 6) is 0.531. The van der Waals surface area contributed by atoms with E-state index in [9.17, 15) is 0 Å². The fourth-order valence-electron chi connectivity index (χ4n) is 2.48. The van der Waals surface area contributed by atoms with Gasteiger partial charge in [0.1, 0.15) is 0 Å². The molecule has 1 aliphatic rings. The second kappa shape index (κ2) is 6.39. The average Bonchev–Trinajstić information content (AvgIpc) is 2.35. The highest BCUT2D eigenvalue weighted by atomic mass is 35.5. The van der Waals surface area contributed by atoms with Crippen LogP contribution in [-0.2, 0) is 11.2 Å². The molecule has 0 aliphatic carbocycles. The third-order valence-electron chi connectivity index (χ3n) is 3.38. The molecule has 0 aromatic heterocycles. The second-order valence-corrected chi connectivity index (χ2v) is 4.99. The van der Waals surface area contributed by atoms with Gasteiger partial charge in [0.05, 0.1) is 6.61 Å². The van der Waals surface area contributed by atoms with Crippen LogP contribution < -0.4 is 5.32 Å². The molecule has 1 N–H and O–H groups in total. The van der Waals surface area contributed by atoms with Crippen molar-refractivity contribution in [1.82, 2.24) is 5.32 Å². The first-order valence-electron chi connectivity index (χ1n) is 6.35. The minimum atomic E-state index is 0.531. The number of nitrogens with one attached hydrogen (secondary N) is 1. The van der Waals surface area contributed by atoms with Gasteiger partial charge in [0.2, 0.25) is 0 Å². The summed E-state index contributed by atoms with van der Waals surface area (Å²) in [6.07, 6.45) is 2.10. The van der Waals surface area contributed by atoms with E-state index >= 15 is 0 Å². The van der Waals surface area contributed by atoms with Crippen molar-refractivity contribution in [3.63, 3.8) is 0 Å². The van der Waals surface area contributed by atoms with Crippen molar-refractivity contribution >= 4 is 11.6 Å². The molecular formula is C14H20ClNO. The smallest absolute Gasteiger partial charge is 0.0512 e. The lowest BCUT2D eigenvalue weighted by atomic mass is 9.89. The molecule has 1 aliphatic heterocycles. The third kappa shape index (κ3) is 3.44. The van der Waals surface area contributed by atoms with Crippen molar-refractivity contribution < 1.29 is 4.74 Å². The van der Waals surface area contributed by atoms with E-state index in [2.05, 4.69) is 18.3 Å². The minimum absolute atomic E-state index is 0.531. The number of halogens is 1. The van der Waals surface area contributed by atoms with E-state index < -0.39 is 0 Å². The molecule has 0 bridgehead atoms. The second-order valence-electron chi connectivity index (χ2n) is 4.58. The van der Waals surface area contributed by atoms with Gasteiger partial charge in [0.15, 0.2) is 0 Å². The Bertz CT molecular complexity index is 354. The summed E-state index contributed by atoms with van der Waals surface area (Å²) in [5.41, 5.74) is 1.23. The number of ether oxygens (including phenoxy) is 1. The maximum Gasteiger partial charge on any atom is 0.0512 e. The van der Waals surface area contributed by atoms with Crippen molar-refractivity contribution in [3.8, 4) is 0 Å². The molecule has 1 fully saturated rings. The normalized spacial score (nSPS) is 24.8. The maximum absolute atomic E-state index is 6.21. The molecule has 17 heavy (non-hydrogen) atoms. The Kier molecular flexibility index (Phi) is 4.84. The van der Waals surface area contributed by atoms with Crippen molar-refractivity contribution in [1.29, 1.82) is 0 Å². The van der Waals surface area contributed by atoms with E-state index in [1.807, 2.05) is 18.2 Å². The molecule has 1 saturated heterocycles. The Labute approximate surface area is 108 Å². The molecule has 94 valence electrons. The first kappa shape index (κ1) is 12.9. The zero-order valence-corrected chi connectivity index (χ0v) is 11.0. The van der Waals surface area contributed by atoms with Crippen LogP contribution >= 0.6 is 11.6 Å². The highest BCUT2D eigenvalue weighted by Gasteiger charge is 2.25. The fraction of sp³-hybridized carbons (Fsp3) is 0.571. The van der Waals surface area contributed by atoms with Gasteiger partial charge in [0.25, 0.3) is 0 Å². The molecule has 2 nitrogen and oxygen atoms in total. The van der Waals surface area contributed by atoms with Crippen LogP contribution in [0.25, 0.3) is 0 Å². The molecule has 1 aromatic carbocycles. The highest BCUT2D eigenvalue weighted by Crippen LogP contribution is 2.24. The lowest BCUT2D eigenvalue weighted by Gasteiger charge is -2.32. The van der Waals surface area contributed by atoms with Gasteiger partial charge in [-0.1, -0.05) is 36.7 Å². The topological polar surface area (TPSA) is 21.3 Å². The summed E-state index contributed by atoms with van der Waals surface area (Å²) in [6.45, 7) is 4.88. The molecule has 1 aromatic rings. The zero-order chi connectivity index (χ0) is 12.1. The van der Waals surface area contributed by atoms with Gasteiger partial charge in [-0.25, -0.2) is 0 Å². The van der Waals surface area contributed by atoms with E-state index in [0.29, 0.717) is 12.0 Å². The Morgan fingerprint density at radius 3 is 3.00 bits per heavy atom. The Balaban J connectivity index is 2.03. The van der Waals surface area contributed by atoms with E-state index in [1.165, 1.54) is 5.56 Å². The molecule has 0 radical (unpaired) electrons. The van der Waals surface area contributed by atoms with Crippen molar-refractivity contribution in [2.45, 2.75) is 25.8 Å². The Morgan fingerprint density at radius 1 is 1.41 bits per heavy atom. The van der Waals surface area contributed by atoms with Crippen LogP contribution in [0.4, 0.5) is 0 Å². The van der Waals surface area contributed by atoms with Crippen LogP contribution in [0.2, 0.25) is 5.02 Å². The standard InChI is InChI=1S/C14H20ClNO/c1-2-16-14-7-8-17-10-12(14)9-11-5-3-4-6-13(11)15/h3-6,12,14,16H,2,7-10H2,1H3/t12-,14-/m1/s1. The lowest BCUT2D eigenvalue weighted by Crippen LogP contribution is -2.43. The van der Waals surface area contributed by atoms with Gasteiger partial charge in [0, 0.05) is 23.6 Å². The minimum Gasteiger partial charge on any atom is -0.381 e. The quantitative estimate of drug-likeness (QED) is 0.891. The average molecular weight is 254 g/mol. The number of hydrogen-bond donors (Lipinski definition) is 1. The zero-order valence-electron chi connectivity index (χ0n) is 10.3. The van der Waals surface area contributed by atoms with E-state index in [4.69, 9.17) is 16.3 Å². The van der Waals surface area contributed by atoms with Crippen molar-refractivity contribution in [3.05, 3.63) is 34.9 Å². The maximum atomic E-state index is 6.21.